The average Bonchev–Trinajstić information content (AvgIpc) is 2.73. The highest BCUT2D eigenvalue weighted by Crippen LogP contribution is 2.25. The predicted octanol–water partition coefficient (Wildman–Crippen LogP) is 2.91. The highest BCUT2D eigenvalue weighted by atomic mass is 35.5. The largest absolute Gasteiger partial charge is 0.311 e. The molecule has 2 rings (SSSR count). The van der Waals surface area contributed by atoms with Crippen LogP contribution in [0.3, 0.4) is 0 Å². The Hall–Kier alpha value is -1.46. The number of halogens is 3. The van der Waals surface area contributed by atoms with Crippen LogP contribution in [0.25, 0.3) is 5.69 Å². The van der Waals surface area contributed by atoms with Crippen LogP contribution in [0, 0.1) is 11.6 Å². The molecule has 3 nitrogen and oxygen atoms in total. The van der Waals surface area contributed by atoms with E-state index in [-0.39, 0.29) is 10.7 Å². The maximum atomic E-state index is 13.7. The van der Waals surface area contributed by atoms with Crippen molar-refractivity contribution in [1.82, 2.24) is 14.9 Å². The molecule has 96 valence electrons. The summed E-state index contributed by atoms with van der Waals surface area (Å²) >= 11 is 5.84. The third-order valence-corrected chi connectivity index (χ3v) is 2.72. The molecule has 18 heavy (non-hydrogen) atoms. The van der Waals surface area contributed by atoms with Crippen molar-refractivity contribution in [2.75, 3.05) is 6.54 Å². The molecule has 1 N–H and O–H groups in total. The second-order valence-corrected chi connectivity index (χ2v) is 4.18. The van der Waals surface area contributed by atoms with Crippen LogP contribution >= 0.6 is 11.6 Å². The van der Waals surface area contributed by atoms with Crippen molar-refractivity contribution in [3.63, 3.8) is 0 Å². The topological polar surface area (TPSA) is 29.9 Å². The summed E-state index contributed by atoms with van der Waals surface area (Å²) < 4.78 is 28.1. The standard InChI is InChI=1S/C12H12ClF2N3/c1-2-16-5-9-6-18(7-17-9)12-10(13)3-8(14)4-11(12)15/h3-4,6-7,16H,2,5H2,1H3. The first kappa shape index (κ1) is 13.0. The van der Waals surface area contributed by atoms with Gasteiger partial charge in [0, 0.05) is 18.8 Å². The minimum absolute atomic E-state index is 0.0138. The second-order valence-electron chi connectivity index (χ2n) is 3.77. The molecule has 0 radical (unpaired) electrons. The molecule has 1 aromatic carbocycles. The Morgan fingerprint density at radius 2 is 2.17 bits per heavy atom. The van der Waals surface area contributed by atoms with Gasteiger partial charge in [-0.05, 0) is 12.6 Å². The Morgan fingerprint density at radius 1 is 1.39 bits per heavy atom. The van der Waals surface area contributed by atoms with Crippen LogP contribution in [-0.4, -0.2) is 16.1 Å². The summed E-state index contributed by atoms with van der Waals surface area (Å²) in [5.41, 5.74) is 0.866. The molecule has 6 heteroatoms. The first-order valence-corrected chi connectivity index (χ1v) is 5.88. The normalized spacial score (nSPS) is 10.9. The summed E-state index contributed by atoms with van der Waals surface area (Å²) in [6.07, 6.45) is 3.11. The molecule has 0 aliphatic rings. The lowest BCUT2D eigenvalue weighted by atomic mass is 10.3. The van der Waals surface area contributed by atoms with E-state index in [9.17, 15) is 8.78 Å². The molecule has 0 unspecified atom stereocenters. The Morgan fingerprint density at radius 3 is 2.83 bits per heavy atom. The van der Waals surface area contributed by atoms with Crippen molar-refractivity contribution < 1.29 is 8.78 Å². The van der Waals surface area contributed by atoms with Gasteiger partial charge in [0.1, 0.15) is 11.5 Å². The lowest BCUT2D eigenvalue weighted by Gasteiger charge is -2.06. The summed E-state index contributed by atoms with van der Waals surface area (Å²) in [6.45, 7) is 3.38. The van der Waals surface area contributed by atoms with E-state index in [4.69, 9.17) is 11.6 Å². The van der Waals surface area contributed by atoms with Crippen molar-refractivity contribution >= 4 is 11.6 Å². The molecule has 0 saturated heterocycles. The number of benzene rings is 1. The molecular weight excluding hydrogens is 260 g/mol. The van der Waals surface area contributed by atoms with Crippen LogP contribution < -0.4 is 5.32 Å². The van der Waals surface area contributed by atoms with E-state index in [1.165, 1.54) is 10.9 Å². The molecule has 0 aliphatic carbocycles. The van der Waals surface area contributed by atoms with Gasteiger partial charge in [0.2, 0.25) is 0 Å². The van der Waals surface area contributed by atoms with Crippen molar-refractivity contribution in [3.8, 4) is 5.69 Å². The zero-order valence-corrected chi connectivity index (χ0v) is 10.5. The first-order chi connectivity index (χ1) is 8.61. The number of aromatic nitrogens is 2. The lowest BCUT2D eigenvalue weighted by Crippen LogP contribution is -2.11. The molecule has 2 aromatic rings. The fraction of sp³-hybridized carbons (Fsp3) is 0.250. The monoisotopic (exact) mass is 271 g/mol. The van der Waals surface area contributed by atoms with Gasteiger partial charge in [-0.1, -0.05) is 18.5 Å². The smallest absolute Gasteiger partial charge is 0.151 e. The first-order valence-electron chi connectivity index (χ1n) is 5.50. The molecule has 0 bridgehead atoms. The van der Waals surface area contributed by atoms with E-state index in [0.29, 0.717) is 6.54 Å². The maximum absolute atomic E-state index is 13.7. The van der Waals surface area contributed by atoms with Gasteiger partial charge in [0.25, 0.3) is 0 Å². The maximum Gasteiger partial charge on any atom is 0.151 e. The minimum Gasteiger partial charge on any atom is -0.311 e. The SMILES string of the molecule is CCNCc1cn(-c2c(F)cc(F)cc2Cl)cn1. The van der Waals surface area contributed by atoms with Crippen LogP contribution in [0.4, 0.5) is 8.78 Å². The number of nitrogens with zero attached hydrogens (tertiary/aromatic N) is 2. The number of hydrogen-bond donors (Lipinski definition) is 1. The summed E-state index contributed by atoms with van der Waals surface area (Å²) in [4.78, 5) is 4.12. The van der Waals surface area contributed by atoms with Gasteiger partial charge in [0.15, 0.2) is 5.82 Å². The highest BCUT2D eigenvalue weighted by Gasteiger charge is 2.12. The van der Waals surface area contributed by atoms with Gasteiger partial charge in [-0.2, -0.15) is 0 Å². The molecule has 0 aliphatic heterocycles. The Bertz CT molecular complexity index is 531. The second kappa shape index (κ2) is 5.46. The van der Waals surface area contributed by atoms with E-state index in [1.807, 2.05) is 6.92 Å². The van der Waals surface area contributed by atoms with Crippen LogP contribution in [0.2, 0.25) is 5.02 Å². The Balaban J connectivity index is 2.34. The molecule has 1 heterocycles. The molecule has 0 saturated carbocycles. The fourth-order valence-electron chi connectivity index (χ4n) is 1.61. The zero-order valence-electron chi connectivity index (χ0n) is 9.75. The third kappa shape index (κ3) is 2.68. The van der Waals surface area contributed by atoms with Crippen LogP contribution in [0.15, 0.2) is 24.7 Å². The van der Waals surface area contributed by atoms with Gasteiger partial charge in [0.05, 0.1) is 17.0 Å². The zero-order chi connectivity index (χ0) is 13.1. The predicted molar refractivity (Wildman–Crippen MR) is 65.9 cm³/mol. The van der Waals surface area contributed by atoms with Gasteiger partial charge in [-0.15, -0.1) is 0 Å². The van der Waals surface area contributed by atoms with E-state index < -0.39 is 11.6 Å². The van der Waals surface area contributed by atoms with E-state index in [1.54, 1.807) is 6.20 Å². The van der Waals surface area contributed by atoms with Gasteiger partial charge < -0.3 is 9.88 Å². The third-order valence-electron chi connectivity index (χ3n) is 2.43. The van der Waals surface area contributed by atoms with Crippen molar-refractivity contribution in [2.45, 2.75) is 13.5 Å². The van der Waals surface area contributed by atoms with Crippen molar-refractivity contribution in [1.29, 1.82) is 0 Å². The fourth-order valence-corrected chi connectivity index (χ4v) is 1.90. The quantitative estimate of drug-likeness (QED) is 0.927. The van der Waals surface area contributed by atoms with E-state index >= 15 is 0 Å². The number of rotatable bonds is 4. The van der Waals surface area contributed by atoms with Crippen LogP contribution in [-0.2, 0) is 6.54 Å². The molecular formula is C12H12ClF2N3. The molecule has 0 amide bonds. The molecule has 0 fully saturated rings. The molecule has 0 atom stereocenters. The average molecular weight is 272 g/mol. The summed E-state index contributed by atoms with van der Waals surface area (Å²) in [5, 5.41) is 3.12. The van der Waals surface area contributed by atoms with Crippen LogP contribution in [0.5, 0.6) is 0 Å². The lowest BCUT2D eigenvalue weighted by molar-refractivity contribution is 0.578. The van der Waals surface area contributed by atoms with Gasteiger partial charge in [-0.25, -0.2) is 13.8 Å². The Kier molecular flexibility index (Phi) is 3.93. The van der Waals surface area contributed by atoms with E-state index in [2.05, 4.69) is 10.3 Å². The highest BCUT2D eigenvalue weighted by molar-refractivity contribution is 6.32. The van der Waals surface area contributed by atoms with Crippen molar-refractivity contribution in [3.05, 3.63) is 47.0 Å². The number of hydrogen-bond acceptors (Lipinski definition) is 2. The minimum atomic E-state index is -0.715. The van der Waals surface area contributed by atoms with Crippen molar-refractivity contribution in [2.24, 2.45) is 0 Å². The van der Waals surface area contributed by atoms with E-state index in [0.717, 1.165) is 24.4 Å². The van der Waals surface area contributed by atoms with Gasteiger partial charge in [-0.3, -0.25) is 0 Å². The molecule has 0 spiro atoms. The summed E-state index contributed by atoms with van der Waals surface area (Å²) in [5.74, 6) is -1.42. The Labute approximate surface area is 108 Å². The number of imidazole rings is 1. The molecule has 1 aromatic heterocycles. The van der Waals surface area contributed by atoms with Crippen LogP contribution in [0.1, 0.15) is 12.6 Å². The summed E-state index contributed by atoms with van der Waals surface area (Å²) in [6, 6.07) is 1.87. The van der Waals surface area contributed by atoms with Gasteiger partial charge >= 0.3 is 0 Å². The number of nitrogens with one attached hydrogen (secondary N) is 1. The summed E-state index contributed by atoms with van der Waals surface area (Å²) in [7, 11) is 0.